The van der Waals surface area contributed by atoms with E-state index in [1.54, 1.807) is 0 Å². The number of ether oxygens (including phenoxy) is 1. The number of nitrogens with zero attached hydrogens (tertiary/aromatic N) is 1. The normalized spacial score (nSPS) is 19.4. The van der Waals surface area contributed by atoms with Crippen LogP contribution in [-0.4, -0.2) is 42.6 Å². The number of benzene rings is 1. The highest BCUT2D eigenvalue weighted by Crippen LogP contribution is 2.20. The van der Waals surface area contributed by atoms with Gasteiger partial charge in [-0.25, -0.2) is 0 Å². The molecule has 1 aliphatic heterocycles. The predicted molar refractivity (Wildman–Crippen MR) is 103 cm³/mol. The lowest BCUT2D eigenvalue weighted by atomic mass is 10.00. The third-order valence-electron chi connectivity index (χ3n) is 5.17. The Hall–Kier alpha value is -1.55. The molecule has 0 aromatic heterocycles. The Morgan fingerprint density at radius 2 is 2.12 bits per heavy atom. The molecule has 0 saturated carbocycles. The SMILES string of the molecule is CCc1ccccc1O[C@H](C)C(=O)NCCCN1CCCC[C@@H]1CC. The summed E-state index contributed by atoms with van der Waals surface area (Å²) in [7, 11) is 0. The first-order valence-corrected chi connectivity index (χ1v) is 9.92. The zero-order valence-corrected chi connectivity index (χ0v) is 16.1. The number of hydrogen-bond donors (Lipinski definition) is 1. The van der Waals surface area contributed by atoms with E-state index in [1.165, 1.54) is 32.2 Å². The molecule has 2 atom stereocenters. The van der Waals surface area contributed by atoms with Crippen LogP contribution in [0.2, 0.25) is 0 Å². The lowest BCUT2D eigenvalue weighted by Gasteiger charge is -2.35. The summed E-state index contributed by atoms with van der Waals surface area (Å²) in [5.41, 5.74) is 1.14. The monoisotopic (exact) mass is 346 g/mol. The van der Waals surface area contributed by atoms with E-state index in [1.807, 2.05) is 31.2 Å². The molecule has 4 heteroatoms. The van der Waals surface area contributed by atoms with E-state index in [0.29, 0.717) is 0 Å². The standard InChI is InChI=1S/C21H34N2O2/c1-4-18-11-6-7-13-20(18)25-17(3)21(24)22-14-10-16-23-15-9-8-12-19(23)5-2/h6-7,11,13,17,19H,4-5,8-10,12,14-16H2,1-3H3,(H,22,24)/t17-,19+/m1/s1. The molecule has 1 heterocycles. The van der Waals surface area contributed by atoms with Crippen LogP contribution in [0.4, 0.5) is 0 Å². The van der Waals surface area contributed by atoms with Crippen LogP contribution in [0, 0.1) is 0 Å². The first-order valence-electron chi connectivity index (χ1n) is 9.92. The molecule has 1 aromatic carbocycles. The van der Waals surface area contributed by atoms with Gasteiger partial charge in [-0.1, -0.05) is 38.5 Å². The van der Waals surface area contributed by atoms with Gasteiger partial charge in [-0.2, -0.15) is 0 Å². The predicted octanol–water partition coefficient (Wildman–Crippen LogP) is 3.79. The number of carbonyl (C=O) groups excluding carboxylic acids is 1. The van der Waals surface area contributed by atoms with Gasteiger partial charge in [-0.15, -0.1) is 0 Å². The summed E-state index contributed by atoms with van der Waals surface area (Å²) in [6, 6.07) is 8.66. The third kappa shape index (κ3) is 6.03. The van der Waals surface area contributed by atoms with Crippen molar-refractivity contribution in [1.29, 1.82) is 0 Å². The van der Waals surface area contributed by atoms with Crippen LogP contribution in [0.3, 0.4) is 0 Å². The van der Waals surface area contributed by atoms with E-state index >= 15 is 0 Å². The van der Waals surface area contributed by atoms with Gasteiger partial charge in [0.15, 0.2) is 6.10 Å². The molecule has 1 aromatic rings. The number of amides is 1. The van der Waals surface area contributed by atoms with E-state index in [9.17, 15) is 4.79 Å². The summed E-state index contributed by atoms with van der Waals surface area (Å²) >= 11 is 0. The van der Waals surface area contributed by atoms with Gasteiger partial charge in [0.25, 0.3) is 5.91 Å². The molecule has 0 aliphatic carbocycles. The van der Waals surface area contributed by atoms with Gasteiger partial charge in [0.05, 0.1) is 0 Å². The van der Waals surface area contributed by atoms with Gasteiger partial charge in [0, 0.05) is 19.1 Å². The number of carbonyl (C=O) groups is 1. The molecule has 1 saturated heterocycles. The Kier molecular flexibility index (Phi) is 8.26. The Morgan fingerprint density at radius 1 is 1.32 bits per heavy atom. The van der Waals surface area contributed by atoms with Crippen LogP contribution in [-0.2, 0) is 11.2 Å². The molecule has 2 rings (SSSR count). The average Bonchev–Trinajstić information content (AvgIpc) is 2.65. The van der Waals surface area contributed by atoms with E-state index < -0.39 is 6.10 Å². The highest BCUT2D eigenvalue weighted by molar-refractivity contribution is 5.80. The number of likely N-dealkylation sites (tertiary alicyclic amines) is 1. The fraction of sp³-hybridized carbons (Fsp3) is 0.667. The van der Waals surface area contributed by atoms with Gasteiger partial charge < -0.3 is 15.0 Å². The van der Waals surface area contributed by atoms with Gasteiger partial charge in [-0.05, 0) is 57.2 Å². The lowest BCUT2D eigenvalue weighted by molar-refractivity contribution is -0.127. The Morgan fingerprint density at radius 3 is 2.88 bits per heavy atom. The molecule has 1 amide bonds. The maximum atomic E-state index is 12.3. The van der Waals surface area contributed by atoms with Crippen molar-refractivity contribution in [1.82, 2.24) is 10.2 Å². The summed E-state index contributed by atoms with van der Waals surface area (Å²) in [6.45, 7) is 9.19. The summed E-state index contributed by atoms with van der Waals surface area (Å²) in [5.74, 6) is 0.781. The third-order valence-corrected chi connectivity index (χ3v) is 5.17. The van der Waals surface area contributed by atoms with E-state index in [2.05, 4.69) is 24.1 Å². The van der Waals surface area contributed by atoms with Crippen molar-refractivity contribution in [2.75, 3.05) is 19.6 Å². The second kappa shape index (κ2) is 10.4. The largest absolute Gasteiger partial charge is 0.481 e. The number of rotatable bonds is 9. The maximum Gasteiger partial charge on any atom is 0.260 e. The molecule has 0 radical (unpaired) electrons. The van der Waals surface area contributed by atoms with Crippen molar-refractivity contribution in [3.8, 4) is 5.75 Å². The zero-order chi connectivity index (χ0) is 18.1. The quantitative estimate of drug-likeness (QED) is 0.692. The fourth-order valence-electron chi connectivity index (χ4n) is 3.61. The molecule has 1 fully saturated rings. The van der Waals surface area contributed by atoms with Crippen LogP contribution in [0.25, 0.3) is 0 Å². The molecular formula is C21H34N2O2. The van der Waals surface area contributed by atoms with Crippen LogP contribution in [0.15, 0.2) is 24.3 Å². The molecule has 0 spiro atoms. The van der Waals surface area contributed by atoms with E-state index in [-0.39, 0.29) is 5.91 Å². The Balaban J connectivity index is 1.70. The van der Waals surface area contributed by atoms with Crippen molar-refractivity contribution < 1.29 is 9.53 Å². The second-order valence-electron chi connectivity index (χ2n) is 6.96. The highest BCUT2D eigenvalue weighted by atomic mass is 16.5. The second-order valence-corrected chi connectivity index (χ2v) is 6.96. The number of para-hydroxylation sites is 1. The average molecular weight is 347 g/mol. The number of aryl methyl sites for hydroxylation is 1. The van der Waals surface area contributed by atoms with Crippen molar-refractivity contribution in [2.45, 2.75) is 71.4 Å². The van der Waals surface area contributed by atoms with E-state index in [4.69, 9.17) is 4.74 Å². The molecule has 25 heavy (non-hydrogen) atoms. The lowest BCUT2D eigenvalue weighted by Crippen LogP contribution is -2.41. The van der Waals surface area contributed by atoms with Crippen molar-refractivity contribution in [3.63, 3.8) is 0 Å². The molecule has 1 N–H and O–H groups in total. The molecule has 1 aliphatic rings. The van der Waals surface area contributed by atoms with E-state index in [0.717, 1.165) is 43.3 Å². The molecule has 0 bridgehead atoms. The summed E-state index contributed by atoms with van der Waals surface area (Å²) < 4.78 is 5.86. The van der Waals surface area contributed by atoms with Crippen LogP contribution in [0.1, 0.15) is 58.4 Å². The van der Waals surface area contributed by atoms with Crippen LogP contribution >= 0.6 is 0 Å². The Bertz CT molecular complexity index is 532. The summed E-state index contributed by atoms with van der Waals surface area (Å²) in [4.78, 5) is 14.9. The smallest absolute Gasteiger partial charge is 0.260 e. The number of hydrogen-bond acceptors (Lipinski definition) is 3. The minimum absolute atomic E-state index is 0.0309. The molecule has 0 unspecified atom stereocenters. The van der Waals surface area contributed by atoms with Crippen molar-refractivity contribution in [2.24, 2.45) is 0 Å². The molecular weight excluding hydrogens is 312 g/mol. The number of piperidine rings is 1. The minimum Gasteiger partial charge on any atom is -0.481 e. The van der Waals surface area contributed by atoms with Gasteiger partial charge >= 0.3 is 0 Å². The van der Waals surface area contributed by atoms with Crippen molar-refractivity contribution >= 4 is 5.91 Å². The molecule has 140 valence electrons. The maximum absolute atomic E-state index is 12.3. The highest BCUT2D eigenvalue weighted by Gasteiger charge is 2.20. The summed E-state index contributed by atoms with van der Waals surface area (Å²) in [5, 5.41) is 3.02. The Labute approximate surface area is 152 Å². The van der Waals surface area contributed by atoms with Gasteiger partial charge in [0.2, 0.25) is 0 Å². The van der Waals surface area contributed by atoms with Crippen LogP contribution in [0.5, 0.6) is 5.75 Å². The molecule has 4 nitrogen and oxygen atoms in total. The number of nitrogens with one attached hydrogen (secondary N) is 1. The van der Waals surface area contributed by atoms with Gasteiger partial charge in [0.1, 0.15) is 5.75 Å². The first kappa shape index (κ1) is 19.8. The van der Waals surface area contributed by atoms with Crippen molar-refractivity contribution in [3.05, 3.63) is 29.8 Å². The topological polar surface area (TPSA) is 41.6 Å². The fourth-order valence-corrected chi connectivity index (χ4v) is 3.61. The minimum atomic E-state index is -0.467. The first-order chi connectivity index (χ1) is 12.2. The van der Waals surface area contributed by atoms with Crippen LogP contribution < -0.4 is 10.1 Å². The summed E-state index contributed by atoms with van der Waals surface area (Å²) in [6.07, 6.45) is 6.66. The zero-order valence-electron chi connectivity index (χ0n) is 16.1. The van der Waals surface area contributed by atoms with Gasteiger partial charge in [-0.3, -0.25) is 4.79 Å².